The van der Waals surface area contributed by atoms with E-state index < -0.39 is 5.97 Å². The van der Waals surface area contributed by atoms with Gasteiger partial charge in [-0.2, -0.15) is 5.10 Å². The molecule has 0 spiro atoms. The number of nitrogens with zero attached hydrogens (tertiary/aromatic N) is 4. The van der Waals surface area contributed by atoms with Crippen LogP contribution in [0.15, 0.2) is 18.5 Å². The van der Waals surface area contributed by atoms with Crippen LogP contribution in [0.4, 0.5) is 0 Å². The van der Waals surface area contributed by atoms with Crippen LogP contribution < -0.4 is 0 Å². The Bertz CT molecular complexity index is 545. The van der Waals surface area contributed by atoms with E-state index in [2.05, 4.69) is 15.1 Å². The molecule has 0 saturated heterocycles. The molecule has 2 rings (SSSR count). The summed E-state index contributed by atoms with van der Waals surface area (Å²) < 4.78 is 1.51. The summed E-state index contributed by atoms with van der Waals surface area (Å²) in [6, 6.07) is 1.55. The highest BCUT2D eigenvalue weighted by atomic mass is 16.4. The molecule has 0 bridgehead atoms. The van der Waals surface area contributed by atoms with Gasteiger partial charge >= 0.3 is 5.97 Å². The minimum atomic E-state index is -1.04. The number of hydrogen-bond acceptors (Lipinski definition) is 4. The molecule has 6 heteroatoms. The summed E-state index contributed by atoms with van der Waals surface area (Å²) in [5.74, 6) is -0.515. The number of carboxylic acid groups (broad SMARTS) is 1. The van der Waals surface area contributed by atoms with Gasteiger partial charge in [-0.25, -0.2) is 14.5 Å². The van der Waals surface area contributed by atoms with E-state index in [-0.39, 0.29) is 5.69 Å². The minimum Gasteiger partial charge on any atom is -0.476 e. The molecule has 1 N–H and O–H groups in total. The fourth-order valence-corrected chi connectivity index (χ4v) is 1.47. The minimum absolute atomic E-state index is 0.0178. The molecule has 0 aromatic carbocycles. The van der Waals surface area contributed by atoms with E-state index in [1.807, 2.05) is 13.8 Å². The predicted octanol–water partition coefficient (Wildman–Crippen LogP) is 1.23. The lowest BCUT2D eigenvalue weighted by Crippen LogP contribution is -2.06. The fraction of sp³-hybridized carbons (Fsp3) is 0.273. The molecule has 2 aromatic rings. The molecule has 2 heterocycles. The van der Waals surface area contributed by atoms with Gasteiger partial charge in [0.15, 0.2) is 11.5 Å². The summed E-state index contributed by atoms with van der Waals surface area (Å²) in [7, 11) is 0. The van der Waals surface area contributed by atoms with Crippen LogP contribution in [0.1, 0.15) is 28.8 Å². The molecule has 2 aromatic heterocycles. The van der Waals surface area contributed by atoms with Crippen LogP contribution in [0.25, 0.3) is 5.82 Å². The molecule has 6 nitrogen and oxygen atoms in total. The Labute approximate surface area is 98.0 Å². The van der Waals surface area contributed by atoms with Gasteiger partial charge in [0.1, 0.15) is 0 Å². The van der Waals surface area contributed by atoms with E-state index in [0.29, 0.717) is 12.2 Å². The maximum absolute atomic E-state index is 10.9. The van der Waals surface area contributed by atoms with Crippen molar-refractivity contribution in [3.05, 3.63) is 35.5 Å². The van der Waals surface area contributed by atoms with Gasteiger partial charge in [-0.15, -0.1) is 0 Å². The fourth-order valence-electron chi connectivity index (χ4n) is 1.47. The third-order valence-electron chi connectivity index (χ3n) is 2.35. The van der Waals surface area contributed by atoms with Crippen molar-refractivity contribution in [1.82, 2.24) is 19.7 Å². The Morgan fingerprint density at radius 1 is 1.41 bits per heavy atom. The summed E-state index contributed by atoms with van der Waals surface area (Å²) in [4.78, 5) is 19.1. The normalized spacial score (nSPS) is 10.5. The van der Waals surface area contributed by atoms with Crippen LogP contribution >= 0.6 is 0 Å². The molecule has 0 unspecified atom stereocenters. The van der Waals surface area contributed by atoms with Crippen LogP contribution in [0, 0.1) is 6.92 Å². The molecule has 0 radical (unpaired) electrons. The summed E-state index contributed by atoms with van der Waals surface area (Å²) >= 11 is 0. The van der Waals surface area contributed by atoms with Gasteiger partial charge < -0.3 is 5.11 Å². The first kappa shape index (κ1) is 11.3. The molecule has 0 aliphatic heterocycles. The second-order valence-corrected chi connectivity index (χ2v) is 3.61. The smallest absolute Gasteiger partial charge is 0.356 e. The van der Waals surface area contributed by atoms with Crippen LogP contribution in [-0.2, 0) is 6.42 Å². The van der Waals surface area contributed by atoms with E-state index in [1.54, 1.807) is 18.5 Å². The van der Waals surface area contributed by atoms with Gasteiger partial charge in [-0.1, -0.05) is 6.92 Å². The quantitative estimate of drug-likeness (QED) is 0.860. The van der Waals surface area contributed by atoms with Crippen molar-refractivity contribution in [3.63, 3.8) is 0 Å². The summed E-state index contributed by atoms with van der Waals surface area (Å²) in [5.41, 5.74) is 1.61. The molecule has 0 fully saturated rings. The molecule has 88 valence electrons. The van der Waals surface area contributed by atoms with E-state index >= 15 is 0 Å². The maximum Gasteiger partial charge on any atom is 0.356 e. The van der Waals surface area contributed by atoms with Crippen LogP contribution in [0.5, 0.6) is 0 Å². The summed E-state index contributed by atoms with van der Waals surface area (Å²) in [6.07, 6.45) is 3.87. The molecule has 0 aliphatic rings. The topological polar surface area (TPSA) is 80.9 Å². The third-order valence-corrected chi connectivity index (χ3v) is 2.35. The molecular weight excluding hydrogens is 220 g/mol. The Kier molecular flexibility index (Phi) is 2.86. The number of aromatic nitrogens is 4. The summed E-state index contributed by atoms with van der Waals surface area (Å²) in [6.45, 7) is 3.77. The number of hydrogen-bond donors (Lipinski definition) is 1. The van der Waals surface area contributed by atoms with Crippen molar-refractivity contribution in [2.45, 2.75) is 20.3 Å². The molecule has 0 atom stereocenters. The zero-order chi connectivity index (χ0) is 12.4. The zero-order valence-corrected chi connectivity index (χ0v) is 9.58. The predicted molar refractivity (Wildman–Crippen MR) is 60.2 cm³/mol. The van der Waals surface area contributed by atoms with Gasteiger partial charge in [-0.05, 0) is 19.4 Å². The van der Waals surface area contributed by atoms with Gasteiger partial charge in [-0.3, -0.25) is 4.98 Å². The first-order valence-corrected chi connectivity index (χ1v) is 5.23. The molecule has 17 heavy (non-hydrogen) atoms. The van der Waals surface area contributed by atoms with Crippen molar-refractivity contribution >= 4 is 5.97 Å². The van der Waals surface area contributed by atoms with Crippen LogP contribution in [-0.4, -0.2) is 30.8 Å². The number of rotatable bonds is 3. The lowest BCUT2D eigenvalue weighted by molar-refractivity contribution is 0.0690. The molecule has 0 aliphatic carbocycles. The first-order valence-electron chi connectivity index (χ1n) is 5.23. The number of aryl methyl sites for hydroxylation is 2. The van der Waals surface area contributed by atoms with Crippen molar-refractivity contribution in [2.75, 3.05) is 0 Å². The highest BCUT2D eigenvalue weighted by Gasteiger charge is 2.13. The Hall–Kier alpha value is -2.24. The Morgan fingerprint density at radius 2 is 2.18 bits per heavy atom. The SMILES string of the molecule is CCc1cc(C(=O)O)nn1-c1cnc(C)cn1. The van der Waals surface area contributed by atoms with Gasteiger partial charge in [0.25, 0.3) is 0 Å². The lowest BCUT2D eigenvalue weighted by Gasteiger charge is -2.03. The lowest BCUT2D eigenvalue weighted by atomic mass is 10.3. The van der Waals surface area contributed by atoms with E-state index in [1.165, 1.54) is 4.68 Å². The molecular formula is C11H12N4O2. The zero-order valence-electron chi connectivity index (χ0n) is 9.58. The third kappa shape index (κ3) is 2.15. The highest BCUT2D eigenvalue weighted by molar-refractivity contribution is 5.85. The van der Waals surface area contributed by atoms with Gasteiger partial charge in [0.2, 0.25) is 0 Å². The van der Waals surface area contributed by atoms with Crippen molar-refractivity contribution in [2.24, 2.45) is 0 Å². The van der Waals surface area contributed by atoms with Crippen LogP contribution in [0.3, 0.4) is 0 Å². The Balaban J connectivity index is 2.50. The number of carboxylic acids is 1. The molecule has 0 saturated carbocycles. The number of aromatic carboxylic acids is 1. The van der Waals surface area contributed by atoms with Crippen molar-refractivity contribution in [1.29, 1.82) is 0 Å². The van der Waals surface area contributed by atoms with E-state index in [9.17, 15) is 4.79 Å². The van der Waals surface area contributed by atoms with Crippen LogP contribution in [0.2, 0.25) is 0 Å². The average molecular weight is 232 g/mol. The summed E-state index contributed by atoms with van der Waals surface area (Å²) in [5, 5.41) is 12.9. The second kappa shape index (κ2) is 4.32. The standard InChI is InChI=1S/C11H12N4O2/c1-3-8-4-9(11(16)17)14-15(8)10-6-12-7(2)5-13-10/h4-6H,3H2,1-2H3,(H,16,17). The van der Waals surface area contributed by atoms with Crippen molar-refractivity contribution in [3.8, 4) is 5.82 Å². The van der Waals surface area contributed by atoms with Gasteiger partial charge in [0.05, 0.1) is 18.1 Å². The second-order valence-electron chi connectivity index (χ2n) is 3.61. The van der Waals surface area contributed by atoms with E-state index in [0.717, 1.165) is 11.4 Å². The average Bonchev–Trinajstić information content (AvgIpc) is 2.74. The van der Waals surface area contributed by atoms with Gasteiger partial charge in [0, 0.05) is 5.69 Å². The number of carbonyl (C=O) groups is 1. The highest BCUT2D eigenvalue weighted by Crippen LogP contribution is 2.11. The van der Waals surface area contributed by atoms with Crippen molar-refractivity contribution < 1.29 is 9.90 Å². The molecule has 0 amide bonds. The monoisotopic (exact) mass is 232 g/mol. The first-order chi connectivity index (χ1) is 8.11. The largest absolute Gasteiger partial charge is 0.476 e. The Morgan fingerprint density at radius 3 is 2.71 bits per heavy atom. The van der Waals surface area contributed by atoms with E-state index in [4.69, 9.17) is 5.11 Å². The maximum atomic E-state index is 10.9.